The number of allylic oxidation sites excluding steroid dienone is 1. The van der Waals surface area contributed by atoms with Crippen LogP contribution in [0.4, 0.5) is 8.78 Å². The van der Waals surface area contributed by atoms with Crippen LogP contribution in [0.1, 0.15) is 72.6 Å². The van der Waals surface area contributed by atoms with Crippen LogP contribution in [0.5, 0.6) is 0 Å². The number of nitrogens with zero attached hydrogens (tertiary/aromatic N) is 6. The number of imidazole rings is 1. The summed E-state index contributed by atoms with van der Waals surface area (Å²) < 4.78 is 30.9. The normalized spacial score (nSPS) is 17.2. The average Bonchev–Trinajstić information content (AvgIpc) is 3.42. The number of rotatable bonds is 8. The molecule has 176 valence electrons. The van der Waals surface area contributed by atoms with E-state index in [-0.39, 0.29) is 24.7 Å². The molecule has 3 aromatic heterocycles. The molecule has 0 aromatic carbocycles. The molecule has 1 atom stereocenters. The number of halogens is 2. The Balaban J connectivity index is 1.67. The zero-order valence-corrected chi connectivity index (χ0v) is 19.0. The van der Waals surface area contributed by atoms with Crippen molar-refractivity contribution in [3.8, 4) is 0 Å². The van der Waals surface area contributed by atoms with Gasteiger partial charge in [0.25, 0.3) is 11.7 Å². The van der Waals surface area contributed by atoms with Crippen molar-refractivity contribution in [1.82, 2.24) is 34.7 Å². The van der Waals surface area contributed by atoms with E-state index < -0.39 is 12.0 Å². The second kappa shape index (κ2) is 9.36. The predicted octanol–water partition coefficient (Wildman–Crippen LogP) is 4.06. The van der Waals surface area contributed by atoms with E-state index in [0.29, 0.717) is 43.0 Å². The van der Waals surface area contributed by atoms with Crippen molar-refractivity contribution in [3.63, 3.8) is 0 Å². The summed E-state index contributed by atoms with van der Waals surface area (Å²) >= 11 is 0. The number of aryl methyl sites for hydroxylation is 3. The van der Waals surface area contributed by atoms with Crippen molar-refractivity contribution >= 4 is 11.7 Å². The van der Waals surface area contributed by atoms with Gasteiger partial charge in [-0.15, -0.1) is 6.58 Å². The first kappa shape index (κ1) is 23.0. The zero-order valence-electron chi connectivity index (χ0n) is 19.0. The number of nitrogens with one attached hydrogen (secondary N) is 1. The molecular formula is C23H29F2N7O. The Morgan fingerprint density at radius 1 is 1.36 bits per heavy atom. The van der Waals surface area contributed by atoms with Crippen molar-refractivity contribution in [2.45, 2.75) is 70.9 Å². The summed E-state index contributed by atoms with van der Waals surface area (Å²) in [6, 6.07) is 1.11. The molecule has 1 aliphatic carbocycles. The summed E-state index contributed by atoms with van der Waals surface area (Å²) in [6.45, 7) is 8.08. The van der Waals surface area contributed by atoms with Crippen LogP contribution in [-0.4, -0.2) is 41.2 Å². The molecule has 1 amide bonds. The van der Waals surface area contributed by atoms with Gasteiger partial charge >= 0.3 is 0 Å². The molecule has 0 bridgehead atoms. The summed E-state index contributed by atoms with van der Waals surface area (Å²) in [5, 5.41) is 11.8. The SMILES string of the molecule is C=CCCc1nc2nc(C(NC(=O)c3ccnn3CC)C3CCC(F)(F)CC3)cn2nc1C. The molecule has 3 heterocycles. The molecular weight excluding hydrogens is 428 g/mol. The molecule has 0 aliphatic heterocycles. The first-order chi connectivity index (χ1) is 15.8. The monoisotopic (exact) mass is 457 g/mol. The van der Waals surface area contributed by atoms with E-state index in [1.807, 2.05) is 19.9 Å². The van der Waals surface area contributed by atoms with Gasteiger partial charge in [-0.05, 0) is 51.5 Å². The summed E-state index contributed by atoms with van der Waals surface area (Å²) in [6.07, 6.45) is 6.80. The molecule has 3 aromatic rings. The maximum absolute atomic E-state index is 13.8. The van der Waals surface area contributed by atoms with Crippen molar-refractivity contribution in [1.29, 1.82) is 0 Å². The Morgan fingerprint density at radius 2 is 2.12 bits per heavy atom. The zero-order chi connectivity index (χ0) is 23.6. The van der Waals surface area contributed by atoms with Crippen molar-refractivity contribution in [2.24, 2.45) is 5.92 Å². The van der Waals surface area contributed by atoms with Crippen molar-refractivity contribution in [3.05, 3.63) is 53.9 Å². The Bertz CT molecular complexity index is 1140. The Kier molecular flexibility index (Phi) is 6.53. The maximum Gasteiger partial charge on any atom is 0.270 e. The first-order valence-electron chi connectivity index (χ1n) is 11.4. The highest BCUT2D eigenvalue weighted by molar-refractivity contribution is 5.92. The molecule has 0 spiro atoms. The minimum absolute atomic E-state index is 0.169. The molecule has 4 rings (SSSR count). The predicted molar refractivity (Wildman–Crippen MR) is 119 cm³/mol. The molecule has 0 radical (unpaired) electrons. The first-order valence-corrected chi connectivity index (χ1v) is 11.4. The number of fused-ring (bicyclic) bond motifs is 1. The van der Waals surface area contributed by atoms with Gasteiger partial charge in [-0.2, -0.15) is 10.2 Å². The summed E-state index contributed by atoms with van der Waals surface area (Å²) in [7, 11) is 0. The van der Waals surface area contributed by atoms with Crippen LogP contribution in [0.3, 0.4) is 0 Å². The fraction of sp³-hybridized carbons (Fsp3) is 0.522. The lowest BCUT2D eigenvalue weighted by atomic mass is 9.81. The van der Waals surface area contributed by atoms with E-state index in [1.54, 1.807) is 27.7 Å². The number of hydrogen-bond acceptors (Lipinski definition) is 5. The lowest BCUT2D eigenvalue weighted by Crippen LogP contribution is -2.38. The molecule has 1 fully saturated rings. The Labute approximate surface area is 191 Å². The molecule has 1 unspecified atom stereocenters. The Hall–Kier alpha value is -3.17. The van der Waals surface area contributed by atoms with Gasteiger partial charge in [0.05, 0.1) is 29.3 Å². The second-order valence-corrected chi connectivity index (χ2v) is 8.56. The smallest absolute Gasteiger partial charge is 0.270 e. The van der Waals surface area contributed by atoms with Gasteiger partial charge in [-0.3, -0.25) is 9.48 Å². The number of aromatic nitrogens is 6. The quantitative estimate of drug-likeness (QED) is 0.515. The van der Waals surface area contributed by atoms with Crippen molar-refractivity contribution < 1.29 is 13.6 Å². The van der Waals surface area contributed by atoms with Crippen molar-refractivity contribution in [2.75, 3.05) is 0 Å². The minimum Gasteiger partial charge on any atom is -0.342 e. The molecule has 1 aliphatic rings. The molecule has 0 saturated heterocycles. The van der Waals surface area contributed by atoms with Gasteiger partial charge in [-0.1, -0.05) is 6.08 Å². The van der Waals surface area contributed by atoms with Crippen LogP contribution in [-0.2, 0) is 13.0 Å². The highest BCUT2D eigenvalue weighted by atomic mass is 19.3. The lowest BCUT2D eigenvalue weighted by Gasteiger charge is -2.33. The van der Waals surface area contributed by atoms with Gasteiger partial charge in [0.2, 0.25) is 5.92 Å². The van der Waals surface area contributed by atoms with Crippen LogP contribution in [0.2, 0.25) is 0 Å². The van der Waals surface area contributed by atoms with Gasteiger partial charge in [0, 0.05) is 25.6 Å². The standard InChI is InChI=1S/C23H29F2N7O/c1-4-6-7-17-15(3)30-32-14-18(28-22(32)27-17)20(16-8-11-23(24,25)12-9-16)29-21(33)19-10-13-26-31(19)5-2/h4,10,13-14,16,20H,1,5-9,11-12H2,2-3H3,(H,29,33). The fourth-order valence-electron chi connectivity index (χ4n) is 4.40. The lowest BCUT2D eigenvalue weighted by molar-refractivity contribution is -0.0495. The van der Waals surface area contributed by atoms with E-state index in [9.17, 15) is 13.6 Å². The van der Waals surface area contributed by atoms with E-state index in [1.165, 1.54) is 0 Å². The van der Waals surface area contributed by atoms with Gasteiger partial charge in [0.15, 0.2) is 0 Å². The second-order valence-electron chi connectivity index (χ2n) is 8.56. The highest BCUT2D eigenvalue weighted by Crippen LogP contribution is 2.41. The summed E-state index contributed by atoms with van der Waals surface area (Å²) in [4.78, 5) is 22.4. The van der Waals surface area contributed by atoms with E-state index in [0.717, 1.165) is 17.8 Å². The summed E-state index contributed by atoms with van der Waals surface area (Å²) in [5.74, 6) is -2.71. The molecule has 10 heteroatoms. The Morgan fingerprint density at radius 3 is 2.82 bits per heavy atom. The summed E-state index contributed by atoms with van der Waals surface area (Å²) in [5.41, 5.74) is 2.62. The van der Waals surface area contributed by atoms with E-state index in [2.05, 4.69) is 32.1 Å². The molecule has 8 nitrogen and oxygen atoms in total. The van der Waals surface area contributed by atoms with Crippen LogP contribution in [0, 0.1) is 12.8 Å². The molecule has 1 saturated carbocycles. The largest absolute Gasteiger partial charge is 0.342 e. The van der Waals surface area contributed by atoms with Gasteiger partial charge in [0.1, 0.15) is 5.69 Å². The highest BCUT2D eigenvalue weighted by Gasteiger charge is 2.39. The van der Waals surface area contributed by atoms with Crippen LogP contribution >= 0.6 is 0 Å². The van der Waals surface area contributed by atoms with E-state index >= 15 is 0 Å². The fourth-order valence-corrected chi connectivity index (χ4v) is 4.40. The number of hydrogen-bond donors (Lipinski definition) is 1. The minimum atomic E-state index is -2.66. The number of alkyl halides is 2. The van der Waals surface area contributed by atoms with Crippen LogP contribution in [0.15, 0.2) is 31.1 Å². The third kappa shape index (κ3) is 4.94. The third-order valence-corrected chi connectivity index (χ3v) is 6.27. The third-order valence-electron chi connectivity index (χ3n) is 6.27. The van der Waals surface area contributed by atoms with Gasteiger partial charge < -0.3 is 5.32 Å². The van der Waals surface area contributed by atoms with E-state index in [4.69, 9.17) is 0 Å². The van der Waals surface area contributed by atoms with Crippen LogP contribution < -0.4 is 5.32 Å². The van der Waals surface area contributed by atoms with Gasteiger partial charge in [-0.25, -0.2) is 23.3 Å². The topological polar surface area (TPSA) is 90.0 Å². The number of carbonyl (C=O) groups is 1. The van der Waals surface area contributed by atoms with Crippen LogP contribution in [0.25, 0.3) is 5.78 Å². The molecule has 33 heavy (non-hydrogen) atoms. The maximum atomic E-state index is 13.8. The average molecular weight is 458 g/mol. The number of carbonyl (C=O) groups excluding carboxylic acids is 1. The number of amides is 1. The molecule has 1 N–H and O–H groups in total.